The average Bonchev–Trinajstić information content (AvgIpc) is 2.16. The van der Waals surface area contributed by atoms with Crippen LogP contribution >= 0.6 is 0 Å². The third-order valence-electron chi connectivity index (χ3n) is 2.90. The number of piperidine rings is 1. The Hall–Kier alpha value is -0.570. The number of ether oxygens (including phenoxy) is 1. The van der Waals surface area contributed by atoms with Crippen LogP contribution in [0.25, 0.3) is 0 Å². The molecule has 1 saturated heterocycles. The Labute approximate surface area is 79.8 Å². The summed E-state index contributed by atoms with van der Waals surface area (Å²) in [6, 6.07) is 0. The molecule has 1 rings (SSSR count). The number of methoxy groups -OCH3 is 1. The number of nitrogens with one attached hydrogen (secondary N) is 1. The third kappa shape index (κ3) is 2.44. The topological polar surface area (TPSA) is 38.3 Å². The Morgan fingerprint density at radius 3 is 2.77 bits per heavy atom. The van der Waals surface area contributed by atoms with Crippen LogP contribution in [-0.4, -0.2) is 26.2 Å². The van der Waals surface area contributed by atoms with Gasteiger partial charge in [0.25, 0.3) is 0 Å². The molecule has 0 radical (unpaired) electrons. The maximum absolute atomic E-state index is 11.4. The largest absolute Gasteiger partial charge is 0.469 e. The minimum atomic E-state index is -0.0640. The first-order valence-corrected chi connectivity index (χ1v) is 4.95. The summed E-state index contributed by atoms with van der Waals surface area (Å²) in [5.74, 6) is 1.03. The summed E-state index contributed by atoms with van der Waals surface area (Å²) in [6.45, 7) is 6.14. The van der Waals surface area contributed by atoms with Crippen molar-refractivity contribution in [2.24, 2.45) is 17.8 Å². The van der Waals surface area contributed by atoms with E-state index in [9.17, 15) is 4.79 Å². The van der Waals surface area contributed by atoms with Crippen LogP contribution in [0.2, 0.25) is 0 Å². The van der Waals surface area contributed by atoms with E-state index in [2.05, 4.69) is 19.2 Å². The van der Waals surface area contributed by atoms with Gasteiger partial charge < -0.3 is 10.1 Å². The van der Waals surface area contributed by atoms with Gasteiger partial charge in [-0.3, -0.25) is 4.79 Å². The third-order valence-corrected chi connectivity index (χ3v) is 2.90. The second-order valence-electron chi connectivity index (χ2n) is 4.03. The minimum absolute atomic E-state index is 0.0544. The van der Waals surface area contributed by atoms with Crippen molar-refractivity contribution >= 4 is 5.97 Å². The van der Waals surface area contributed by atoms with Gasteiger partial charge in [0.1, 0.15) is 0 Å². The minimum Gasteiger partial charge on any atom is -0.469 e. The highest BCUT2D eigenvalue weighted by molar-refractivity contribution is 5.73. The van der Waals surface area contributed by atoms with E-state index < -0.39 is 0 Å². The quantitative estimate of drug-likeness (QED) is 0.653. The molecule has 0 aromatic heterocycles. The first-order chi connectivity index (χ1) is 6.16. The molecule has 3 nitrogen and oxygen atoms in total. The van der Waals surface area contributed by atoms with E-state index in [1.807, 2.05) is 0 Å². The molecular formula is C10H19NO2. The van der Waals surface area contributed by atoms with Crippen molar-refractivity contribution in [3.05, 3.63) is 0 Å². The number of hydrogen-bond acceptors (Lipinski definition) is 3. The summed E-state index contributed by atoms with van der Waals surface area (Å²) in [7, 11) is 1.47. The van der Waals surface area contributed by atoms with Crippen LogP contribution in [0.4, 0.5) is 0 Å². The summed E-state index contributed by atoms with van der Waals surface area (Å²) in [4.78, 5) is 11.4. The van der Waals surface area contributed by atoms with Gasteiger partial charge >= 0.3 is 5.97 Å². The zero-order valence-electron chi connectivity index (χ0n) is 8.67. The summed E-state index contributed by atoms with van der Waals surface area (Å²) in [5, 5.41) is 3.23. The smallest absolute Gasteiger partial charge is 0.310 e. The molecule has 0 spiro atoms. The predicted molar refractivity (Wildman–Crippen MR) is 51.3 cm³/mol. The molecule has 0 unspecified atom stereocenters. The molecular weight excluding hydrogens is 166 g/mol. The number of carbonyl (C=O) groups is 1. The molecule has 1 heterocycles. The fourth-order valence-corrected chi connectivity index (χ4v) is 2.09. The van der Waals surface area contributed by atoms with Crippen molar-refractivity contribution in [2.75, 3.05) is 20.2 Å². The molecule has 2 atom stereocenters. The lowest BCUT2D eigenvalue weighted by Crippen LogP contribution is -2.43. The summed E-state index contributed by atoms with van der Waals surface area (Å²) >= 11 is 0. The van der Waals surface area contributed by atoms with E-state index in [1.54, 1.807) is 0 Å². The number of esters is 1. The predicted octanol–water partition coefficient (Wildman–Crippen LogP) is 1.04. The zero-order valence-corrected chi connectivity index (χ0v) is 8.67. The Morgan fingerprint density at radius 2 is 2.23 bits per heavy atom. The number of rotatable bonds is 2. The van der Waals surface area contributed by atoms with E-state index in [0.29, 0.717) is 11.8 Å². The molecule has 1 fully saturated rings. The van der Waals surface area contributed by atoms with Gasteiger partial charge in [-0.15, -0.1) is 0 Å². The van der Waals surface area contributed by atoms with Crippen LogP contribution < -0.4 is 5.32 Å². The second kappa shape index (κ2) is 4.61. The molecule has 1 N–H and O–H groups in total. The van der Waals surface area contributed by atoms with Crippen LogP contribution in [-0.2, 0) is 9.53 Å². The highest BCUT2D eigenvalue weighted by Gasteiger charge is 2.33. The monoisotopic (exact) mass is 185 g/mol. The summed E-state index contributed by atoms with van der Waals surface area (Å²) < 4.78 is 4.79. The maximum atomic E-state index is 11.4. The van der Waals surface area contributed by atoms with Crippen molar-refractivity contribution in [3.63, 3.8) is 0 Å². The van der Waals surface area contributed by atoms with E-state index in [0.717, 1.165) is 19.5 Å². The van der Waals surface area contributed by atoms with Gasteiger partial charge in [-0.25, -0.2) is 0 Å². The first-order valence-electron chi connectivity index (χ1n) is 4.95. The van der Waals surface area contributed by atoms with Gasteiger partial charge in [0.2, 0.25) is 0 Å². The molecule has 76 valence electrons. The lowest BCUT2D eigenvalue weighted by Gasteiger charge is -2.32. The first kappa shape index (κ1) is 10.5. The lowest BCUT2D eigenvalue weighted by atomic mass is 9.79. The Kier molecular flexibility index (Phi) is 3.72. The SMILES string of the molecule is COC(=O)[C@@H]1CNCC[C@H]1C(C)C. The fraction of sp³-hybridized carbons (Fsp3) is 0.900. The molecule has 1 aliphatic rings. The number of hydrogen-bond donors (Lipinski definition) is 1. The molecule has 0 saturated carbocycles. The van der Waals surface area contributed by atoms with Crippen molar-refractivity contribution in [3.8, 4) is 0 Å². The Morgan fingerprint density at radius 1 is 1.54 bits per heavy atom. The molecule has 13 heavy (non-hydrogen) atoms. The lowest BCUT2D eigenvalue weighted by molar-refractivity contribution is -0.148. The molecule has 0 aliphatic carbocycles. The second-order valence-corrected chi connectivity index (χ2v) is 4.03. The van der Waals surface area contributed by atoms with Gasteiger partial charge in [0.05, 0.1) is 13.0 Å². The van der Waals surface area contributed by atoms with E-state index in [4.69, 9.17) is 4.74 Å². The van der Waals surface area contributed by atoms with Crippen LogP contribution in [0.3, 0.4) is 0 Å². The van der Waals surface area contributed by atoms with Gasteiger partial charge in [-0.2, -0.15) is 0 Å². The van der Waals surface area contributed by atoms with E-state index >= 15 is 0 Å². The normalized spacial score (nSPS) is 28.9. The van der Waals surface area contributed by atoms with Gasteiger partial charge in [0.15, 0.2) is 0 Å². The average molecular weight is 185 g/mol. The van der Waals surface area contributed by atoms with Crippen LogP contribution in [0.1, 0.15) is 20.3 Å². The standard InChI is InChI=1S/C10H19NO2/c1-7(2)8-4-5-11-6-9(8)10(12)13-3/h7-9,11H,4-6H2,1-3H3/t8-,9+/m0/s1. The number of carbonyl (C=O) groups excluding carboxylic acids is 1. The molecule has 3 heteroatoms. The van der Waals surface area contributed by atoms with Crippen LogP contribution in [0.5, 0.6) is 0 Å². The van der Waals surface area contributed by atoms with Crippen molar-refractivity contribution in [2.45, 2.75) is 20.3 Å². The van der Waals surface area contributed by atoms with Crippen LogP contribution in [0.15, 0.2) is 0 Å². The Balaban J connectivity index is 2.61. The fourth-order valence-electron chi connectivity index (χ4n) is 2.09. The zero-order chi connectivity index (χ0) is 9.84. The van der Waals surface area contributed by atoms with Crippen LogP contribution in [0, 0.1) is 17.8 Å². The molecule has 0 amide bonds. The molecule has 0 bridgehead atoms. The molecule has 0 aromatic rings. The van der Waals surface area contributed by atoms with Crippen molar-refractivity contribution in [1.82, 2.24) is 5.32 Å². The maximum Gasteiger partial charge on any atom is 0.310 e. The van der Waals surface area contributed by atoms with Gasteiger partial charge in [-0.1, -0.05) is 13.8 Å². The van der Waals surface area contributed by atoms with Crippen molar-refractivity contribution in [1.29, 1.82) is 0 Å². The highest BCUT2D eigenvalue weighted by atomic mass is 16.5. The molecule has 1 aliphatic heterocycles. The van der Waals surface area contributed by atoms with Gasteiger partial charge in [-0.05, 0) is 24.8 Å². The Bertz CT molecular complexity index is 180. The summed E-state index contributed by atoms with van der Waals surface area (Å²) in [5.41, 5.74) is 0. The van der Waals surface area contributed by atoms with E-state index in [1.165, 1.54) is 7.11 Å². The van der Waals surface area contributed by atoms with E-state index in [-0.39, 0.29) is 11.9 Å². The van der Waals surface area contributed by atoms with Crippen molar-refractivity contribution < 1.29 is 9.53 Å². The summed E-state index contributed by atoms with van der Waals surface area (Å²) in [6.07, 6.45) is 1.08. The molecule has 0 aromatic carbocycles. The highest BCUT2D eigenvalue weighted by Crippen LogP contribution is 2.27. The van der Waals surface area contributed by atoms with Gasteiger partial charge in [0, 0.05) is 6.54 Å².